The van der Waals surface area contributed by atoms with Gasteiger partial charge in [-0.05, 0) is 43.2 Å². The van der Waals surface area contributed by atoms with Crippen molar-refractivity contribution in [3.63, 3.8) is 0 Å². The van der Waals surface area contributed by atoms with Crippen molar-refractivity contribution in [3.8, 4) is 5.75 Å². The van der Waals surface area contributed by atoms with Gasteiger partial charge in [0.2, 0.25) is 5.91 Å². The minimum absolute atomic E-state index is 0.155. The Morgan fingerprint density at radius 3 is 2.63 bits per heavy atom. The molecule has 0 bridgehead atoms. The molecule has 6 nitrogen and oxygen atoms in total. The molecule has 1 atom stereocenters. The van der Waals surface area contributed by atoms with Gasteiger partial charge < -0.3 is 14.6 Å². The van der Waals surface area contributed by atoms with E-state index in [2.05, 4.69) is 22.4 Å². The number of hydrogen-bond acceptors (Lipinski definition) is 5. The van der Waals surface area contributed by atoms with Crippen molar-refractivity contribution in [2.24, 2.45) is 7.05 Å². The molecule has 1 amide bonds. The van der Waals surface area contributed by atoms with E-state index in [0.29, 0.717) is 26.7 Å². The van der Waals surface area contributed by atoms with Crippen LogP contribution in [-0.2, 0) is 18.3 Å². The maximum atomic E-state index is 12.3. The van der Waals surface area contributed by atoms with Crippen molar-refractivity contribution >= 4 is 46.6 Å². The van der Waals surface area contributed by atoms with E-state index in [1.165, 1.54) is 17.3 Å². The minimum atomic E-state index is -0.288. The molecule has 0 radical (unpaired) electrons. The monoisotopic (exact) mass is 464 g/mol. The number of carbonyl (C=O) groups excluding carboxylic acids is 1. The fraction of sp³-hybridized carbons (Fsp3) is 0.286. The van der Waals surface area contributed by atoms with Gasteiger partial charge in [0, 0.05) is 7.05 Å². The number of halogens is 2. The van der Waals surface area contributed by atoms with E-state index in [0.717, 1.165) is 12.2 Å². The third-order valence-electron chi connectivity index (χ3n) is 4.43. The first kappa shape index (κ1) is 22.5. The summed E-state index contributed by atoms with van der Waals surface area (Å²) >= 11 is 13.4. The van der Waals surface area contributed by atoms with Crippen LogP contribution in [0.4, 0.5) is 5.69 Å². The first-order valence-corrected chi connectivity index (χ1v) is 11.1. The lowest BCUT2D eigenvalue weighted by atomic mass is 10.2. The molecule has 0 saturated carbocycles. The lowest BCUT2D eigenvalue weighted by Crippen LogP contribution is -2.15. The summed E-state index contributed by atoms with van der Waals surface area (Å²) < 4.78 is 7.81. The number of amides is 1. The number of benzene rings is 2. The average molecular weight is 465 g/mol. The van der Waals surface area contributed by atoms with Gasteiger partial charge in [-0.15, -0.1) is 10.2 Å². The molecule has 3 aromatic rings. The van der Waals surface area contributed by atoms with Crippen LogP contribution in [0.2, 0.25) is 10.0 Å². The normalized spacial score (nSPS) is 11.9. The van der Waals surface area contributed by atoms with Crippen LogP contribution in [-0.4, -0.2) is 26.4 Å². The number of ether oxygens (including phenoxy) is 1. The topological polar surface area (TPSA) is 69.0 Å². The Hall–Kier alpha value is -2.22. The molecule has 1 aromatic heterocycles. The van der Waals surface area contributed by atoms with Gasteiger partial charge in [0.25, 0.3) is 0 Å². The number of hydrogen-bond donors (Lipinski definition) is 1. The Morgan fingerprint density at radius 1 is 1.20 bits per heavy atom. The van der Waals surface area contributed by atoms with Gasteiger partial charge in [0.1, 0.15) is 5.75 Å². The van der Waals surface area contributed by atoms with E-state index >= 15 is 0 Å². The van der Waals surface area contributed by atoms with E-state index in [1.807, 2.05) is 42.8 Å². The standard InChI is InChI=1S/C21H22Cl2N4O2S/c1-4-14-8-10-15(11-9-14)29-13(2)20-25-26-21(27(20)3)30-12-18(28)24-17-7-5-6-16(22)19(17)23/h5-11,13H,4,12H2,1-3H3,(H,24,28). The second kappa shape index (κ2) is 10.2. The third-order valence-corrected chi connectivity index (χ3v) is 6.27. The number of nitrogens with one attached hydrogen (secondary N) is 1. The molecule has 0 aliphatic carbocycles. The molecule has 1 unspecified atom stereocenters. The fourth-order valence-electron chi connectivity index (χ4n) is 2.78. The smallest absolute Gasteiger partial charge is 0.234 e. The number of rotatable bonds is 8. The molecule has 0 fully saturated rings. The maximum absolute atomic E-state index is 12.3. The molecule has 0 saturated heterocycles. The van der Waals surface area contributed by atoms with E-state index < -0.39 is 0 Å². The van der Waals surface area contributed by atoms with Crippen LogP contribution in [0.1, 0.15) is 31.3 Å². The van der Waals surface area contributed by atoms with Crippen LogP contribution in [0.3, 0.4) is 0 Å². The summed E-state index contributed by atoms with van der Waals surface area (Å²) in [6.07, 6.45) is 0.694. The van der Waals surface area contributed by atoms with Crippen molar-refractivity contribution in [1.29, 1.82) is 0 Å². The molecular weight excluding hydrogens is 443 g/mol. The largest absolute Gasteiger partial charge is 0.483 e. The van der Waals surface area contributed by atoms with Crippen LogP contribution in [0.25, 0.3) is 0 Å². The number of carbonyl (C=O) groups is 1. The number of nitrogens with zero attached hydrogens (tertiary/aromatic N) is 3. The second-order valence-corrected chi connectivity index (χ2v) is 8.32. The first-order chi connectivity index (χ1) is 14.4. The summed E-state index contributed by atoms with van der Waals surface area (Å²) in [6, 6.07) is 13.1. The van der Waals surface area contributed by atoms with Gasteiger partial charge in [-0.2, -0.15) is 0 Å². The third kappa shape index (κ3) is 5.47. The number of anilines is 1. The Bertz CT molecular complexity index is 1020. The van der Waals surface area contributed by atoms with Crippen molar-refractivity contribution in [2.75, 3.05) is 11.1 Å². The molecule has 0 aliphatic rings. The SMILES string of the molecule is CCc1ccc(OC(C)c2nnc(SCC(=O)Nc3cccc(Cl)c3Cl)n2C)cc1. The quantitative estimate of drug-likeness (QED) is 0.442. The van der Waals surface area contributed by atoms with Crippen LogP contribution in [0.5, 0.6) is 5.75 Å². The zero-order chi connectivity index (χ0) is 21.7. The minimum Gasteiger partial charge on any atom is -0.483 e. The lowest BCUT2D eigenvalue weighted by molar-refractivity contribution is -0.113. The molecule has 3 rings (SSSR count). The Kier molecular flexibility index (Phi) is 7.64. The maximum Gasteiger partial charge on any atom is 0.234 e. The van der Waals surface area contributed by atoms with E-state index in [4.69, 9.17) is 27.9 Å². The highest BCUT2D eigenvalue weighted by atomic mass is 35.5. The van der Waals surface area contributed by atoms with Crippen LogP contribution in [0.15, 0.2) is 47.6 Å². The predicted octanol–water partition coefficient (Wildman–Crippen LogP) is 5.56. The summed E-state index contributed by atoms with van der Waals surface area (Å²) in [5, 5.41) is 12.5. The fourth-order valence-corrected chi connectivity index (χ4v) is 3.85. The number of thioether (sulfide) groups is 1. The first-order valence-electron chi connectivity index (χ1n) is 9.40. The van der Waals surface area contributed by atoms with E-state index in [9.17, 15) is 4.79 Å². The highest BCUT2D eigenvalue weighted by molar-refractivity contribution is 7.99. The summed E-state index contributed by atoms with van der Waals surface area (Å²) in [7, 11) is 1.85. The van der Waals surface area contributed by atoms with Gasteiger partial charge in [-0.3, -0.25) is 4.79 Å². The second-order valence-electron chi connectivity index (χ2n) is 6.60. The molecule has 158 valence electrons. The summed E-state index contributed by atoms with van der Waals surface area (Å²) in [4.78, 5) is 12.3. The zero-order valence-corrected chi connectivity index (χ0v) is 19.2. The van der Waals surface area contributed by atoms with E-state index in [-0.39, 0.29) is 17.8 Å². The van der Waals surface area contributed by atoms with Gasteiger partial charge in [-0.1, -0.05) is 60.1 Å². The van der Waals surface area contributed by atoms with Gasteiger partial charge in [-0.25, -0.2) is 0 Å². The molecule has 0 aliphatic heterocycles. The molecule has 0 spiro atoms. The summed E-state index contributed by atoms with van der Waals surface area (Å²) in [5.74, 6) is 1.39. The van der Waals surface area contributed by atoms with Gasteiger partial charge in [0.15, 0.2) is 17.1 Å². The molecule has 30 heavy (non-hydrogen) atoms. The van der Waals surface area contributed by atoms with Crippen molar-refractivity contribution in [3.05, 3.63) is 63.9 Å². The molecule has 1 N–H and O–H groups in total. The summed E-state index contributed by atoms with van der Waals surface area (Å²) in [6.45, 7) is 4.03. The molecular formula is C21H22Cl2N4O2S. The Labute approximate surface area is 189 Å². The van der Waals surface area contributed by atoms with Crippen molar-refractivity contribution < 1.29 is 9.53 Å². The lowest BCUT2D eigenvalue weighted by Gasteiger charge is -2.14. The summed E-state index contributed by atoms with van der Waals surface area (Å²) in [5.41, 5.74) is 1.73. The zero-order valence-electron chi connectivity index (χ0n) is 16.9. The van der Waals surface area contributed by atoms with Crippen LogP contribution < -0.4 is 10.1 Å². The number of aryl methyl sites for hydroxylation is 1. The van der Waals surface area contributed by atoms with Gasteiger partial charge >= 0.3 is 0 Å². The molecule has 9 heteroatoms. The van der Waals surface area contributed by atoms with Crippen molar-refractivity contribution in [1.82, 2.24) is 14.8 Å². The molecule has 1 heterocycles. The highest BCUT2D eigenvalue weighted by Crippen LogP contribution is 2.30. The van der Waals surface area contributed by atoms with E-state index in [1.54, 1.807) is 18.2 Å². The molecule has 2 aromatic carbocycles. The van der Waals surface area contributed by atoms with Gasteiger partial charge in [0.05, 0.1) is 21.5 Å². The highest BCUT2D eigenvalue weighted by Gasteiger charge is 2.18. The van der Waals surface area contributed by atoms with Crippen LogP contribution in [0, 0.1) is 0 Å². The Morgan fingerprint density at radius 2 is 1.93 bits per heavy atom. The number of aromatic nitrogens is 3. The van der Waals surface area contributed by atoms with Crippen molar-refractivity contribution in [2.45, 2.75) is 31.5 Å². The average Bonchev–Trinajstić information content (AvgIpc) is 3.11. The van der Waals surface area contributed by atoms with Crippen LogP contribution >= 0.6 is 35.0 Å². The predicted molar refractivity (Wildman–Crippen MR) is 122 cm³/mol. The Balaban J connectivity index is 1.59.